The highest BCUT2D eigenvalue weighted by atomic mass is 127. The SMILES string of the molecule is CCNC(=NCC(O)c1ccc(OC)cc1)NC1CCCC1.I. The molecule has 0 radical (unpaired) electrons. The smallest absolute Gasteiger partial charge is 0.191 e. The standard InChI is InChI=1S/C17H27N3O2.HI/c1-3-18-17(20-14-6-4-5-7-14)19-12-16(21)13-8-10-15(22-2)11-9-13;/h8-11,14,16,21H,3-7,12H2,1-2H3,(H2,18,19,20);1H. The first-order chi connectivity index (χ1) is 10.7. The van der Waals surface area contributed by atoms with Gasteiger partial charge in [0.25, 0.3) is 0 Å². The summed E-state index contributed by atoms with van der Waals surface area (Å²) in [4.78, 5) is 4.51. The fraction of sp³-hybridized carbons (Fsp3) is 0.588. The lowest BCUT2D eigenvalue weighted by Crippen LogP contribution is -2.42. The molecule has 1 atom stereocenters. The molecule has 1 unspecified atom stereocenters. The average molecular weight is 433 g/mol. The summed E-state index contributed by atoms with van der Waals surface area (Å²) in [5, 5.41) is 17.0. The predicted octanol–water partition coefficient (Wildman–Crippen LogP) is 2.84. The number of aliphatic imine (C=N–C) groups is 1. The molecule has 1 saturated carbocycles. The monoisotopic (exact) mass is 433 g/mol. The van der Waals surface area contributed by atoms with Crippen molar-refractivity contribution in [3.05, 3.63) is 29.8 Å². The Balaban J connectivity index is 0.00000264. The Kier molecular flexibility index (Phi) is 9.31. The lowest BCUT2D eigenvalue weighted by atomic mass is 10.1. The summed E-state index contributed by atoms with van der Waals surface area (Å²) >= 11 is 0. The molecule has 0 aromatic heterocycles. The van der Waals surface area contributed by atoms with Crippen LogP contribution in [0.1, 0.15) is 44.3 Å². The van der Waals surface area contributed by atoms with E-state index >= 15 is 0 Å². The maximum absolute atomic E-state index is 10.3. The number of rotatable bonds is 6. The topological polar surface area (TPSA) is 65.9 Å². The number of benzene rings is 1. The Morgan fingerprint density at radius 3 is 2.52 bits per heavy atom. The van der Waals surface area contributed by atoms with Crippen LogP contribution in [0.2, 0.25) is 0 Å². The van der Waals surface area contributed by atoms with Crippen LogP contribution < -0.4 is 15.4 Å². The predicted molar refractivity (Wildman–Crippen MR) is 105 cm³/mol. The molecule has 0 amide bonds. The Hall–Kier alpha value is -1.02. The highest BCUT2D eigenvalue weighted by molar-refractivity contribution is 14.0. The zero-order valence-corrected chi connectivity index (χ0v) is 16.2. The molecule has 1 fully saturated rings. The highest BCUT2D eigenvalue weighted by Gasteiger charge is 2.16. The van der Waals surface area contributed by atoms with Crippen molar-refractivity contribution in [2.75, 3.05) is 20.2 Å². The lowest BCUT2D eigenvalue weighted by Gasteiger charge is -2.17. The third-order valence-corrected chi connectivity index (χ3v) is 3.96. The molecule has 1 aromatic rings. The van der Waals surface area contributed by atoms with E-state index in [0.29, 0.717) is 12.6 Å². The van der Waals surface area contributed by atoms with Gasteiger partial charge in [0.2, 0.25) is 0 Å². The molecule has 3 N–H and O–H groups in total. The minimum Gasteiger partial charge on any atom is -0.497 e. The summed E-state index contributed by atoms with van der Waals surface area (Å²) in [5.41, 5.74) is 0.848. The fourth-order valence-electron chi connectivity index (χ4n) is 2.69. The van der Waals surface area contributed by atoms with Gasteiger partial charge in [-0.15, -0.1) is 24.0 Å². The molecular formula is C17H28IN3O2. The van der Waals surface area contributed by atoms with E-state index in [-0.39, 0.29) is 24.0 Å². The van der Waals surface area contributed by atoms with Crippen molar-refractivity contribution < 1.29 is 9.84 Å². The van der Waals surface area contributed by atoms with E-state index in [1.54, 1.807) is 7.11 Å². The van der Waals surface area contributed by atoms with Gasteiger partial charge >= 0.3 is 0 Å². The number of methoxy groups -OCH3 is 1. The highest BCUT2D eigenvalue weighted by Crippen LogP contribution is 2.19. The number of halogens is 1. The summed E-state index contributed by atoms with van der Waals surface area (Å²) in [6.45, 7) is 3.21. The first-order valence-corrected chi connectivity index (χ1v) is 8.09. The van der Waals surface area contributed by atoms with E-state index in [2.05, 4.69) is 15.6 Å². The van der Waals surface area contributed by atoms with E-state index in [4.69, 9.17) is 4.74 Å². The molecule has 5 nitrogen and oxygen atoms in total. The minimum atomic E-state index is -0.607. The summed E-state index contributed by atoms with van der Waals surface area (Å²) in [5.74, 6) is 1.58. The van der Waals surface area contributed by atoms with Gasteiger partial charge in [0.05, 0.1) is 19.8 Å². The van der Waals surface area contributed by atoms with Crippen LogP contribution in [0.15, 0.2) is 29.3 Å². The number of nitrogens with zero attached hydrogens (tertiary/aromatic N) is 1. The van der Waals surface area contributed by atoms with Crippen molar-refractivity contribution in [2.24, 2.45) is 4.99 Å². The first-order valence-electron chi connectivity index (χ1n) is 8.09. The quantitative estimate of drug-likeness (QED) is 0.367. The summed E-state index contributed by atoms with van der Waals surface area (Å²) in [7, 11) is 1.63. The van der Waals surface area contributed by atoms with E-state index in [0.717, 1.165) is 23.8 Å². The molecule has 1 aromatic carbocycles. The van der Waals surface area contributed by atoms with Gasteiger partial charge in [0.15, 0.2) is 5.96 Å². The second-order valence-electron chi connectivity index (χ2n) is 5.63. The largest absolute Gasteiger partial charge is 0.497 e. The second kappa shape index (κ2) is 10.7. The van der Waals surface area contributed by atoms with Gasteiger partial charge in [-0.1, -0.05) is 25.0 Å². The lowest BCUT2D eigenvalue weighted by molar-refractivity contribution is 0.187. The van der Waals surface area contributed by atoms with Crippen LogP contribution in [0.25, 0.3) is 0 Å². The van der Waals surface area contributed by atoms with E-state index < -0.39 is 6.10 Å². The van der Waals surface area contributed by atoms with Crippen molar-refractivity contribution >= 4 is 29.9 Å². The molecule has 0 bridgehead atoms. The molecule has 1 aliphatic rings. The molecular weight excluding hydrogens is 405 g/mol. The number of hydrogen-bond acceptors (Lipinski definition) is 3. The second-order valence-corrected chi connectivity index (χ2v) is 5.63. The summed E-state index contributed by atoms with van der Waals surface area (Å²) < 4.78 is 5.12. The normalized spacial score (nSPS) is 16.6. The van der Waals surface area contributed by atoms with Crippen molar-refractivity contribution in [1.29, 1.82) is 0 Å². The van der Waals surface area contributed by atoms with Crippen molar-refractivity contribution in [3.63, 3.8) is 0 Å². The zero-order chi connectivity index (χ0) is 15.8. The van der Waals surface area contributed by atoms with E-state index in [9.17, 15) is 5.11 Å². The molecule has 1 aliphatic carbocycles. The Bertz CT molecular complexity index is 473. The molecule has 0 saturated heterocycles. The number of ether oxygens (including phenoxy) is 1. The van der Waals surface area contributed by atoms with Crippen LogP contribution >= 0.6 is 24.0 Å². The Labute approximate surface area is 155 Å². The first kappa shape index (κ1) is 20.0. The zero-order valence-electron chi connectivity index (χ0n) is 13.9. The molecule has 130 valence electrons. The third-order valence-electron chi connectivity index (χ3n) is 3.96. The van der Waals surface area contributed by atoms with Crippen LogP contribution in [0, 0.1) is 0 Å². The molecule has 6 heteroatoms. The third kappa shape index (κ3) is 6.55. The fourth-order valence-corrected chi connectivity index (χ4v) is 2.69. The minimum absolute atomic E-state index is 0. The van der Waals surface area contributed by atoms with Gasteiger partial charge in [-0.2, -0.15) is 0 Å². The van der Waals surface area contributed by atoms with Gasteiger partial charge in [-0.05, 0) is 37.5 Å². The van der Waals surface area contributed by atoms with Crippen LogP contribution in [0.3, 0.4) is 0 Å². The molecule has 0 spiro atoms. The van der Waals surface area contributed by atoms with Crippen molar-refractivity contribution in [3.8, 4) is 5.75 Å². The number of nitrogens with one attached hydrogen (secondary N) is 2. The van der Waals surface area contributed by atoms with E-state index in [1.807, 2.05) is 31.2 Å². The molecule has 23 heavy (non-hydrogen) atoms. The number of hydrogen-bond donors (Lipinski definition) is 3. The molecule has 0 aliphatic heterocycles. The van der Waals surface area contributed by atoms with Crippen LogP contribution in [-0.2, 0) is 0 Å². The van der Waals surface area contributed by atoms with E-state index in [1.165, 1.54) is 25.7 Å². The van der Waals surface area contributed by atoms with Gasteiger partial charge < -0.3 is 20.5 Å². The van der Waals surface area contributed by atoms with Crippen molar-refractivity contribution in [1.82, 2.24) is 10.6 Å². The van der Waals surface area contributed by atoms with Gasteiger partial charge in [-0.25, -0.2) is 0 Å². The molecule has 2 rings (SSSR count). The number of aliphatic hydroxyl groups excluding tert-OH is 1. The maximum Gasteiger partial charge on any atom is 0.191 e. The van der Waals surface area contributed by atoms with Gasteiger partial charge in [0, 0.05) is 12.6 Å². The van der Waals surface area contributed by atoms with Crippen LogP contribution in [0.5, 0.6) is 5.75 Å². The number of aliphatic hydroxyl groups is 1. The summed E-state index contributed by atoms with van der Waals surface area (Å²) in [6.07, 6.45) is 4.36. The Morgan fingerprint density at radius 2 is 1.96 bits per heavy atom. The summed E-state index contributed by atoms with van der Waals surface area (Å²) in [6, 6.07) is 7.96. The number of guanidine groups is 1. The van der Waals surface area contributed by atoms with Crippen molar-refractivity contribution in [2.45, 2.75) is 44.8 Å². The maximum atomic E-state index is 10.3. The average Bonchev–Trinajstić information content (AvgIpc) is 3.05. The Morgan fingerprint density at radius 1 is 1.30 bits per heavy atom. The van der Waals surface area contributed by atoms with Gasteiger partial charge in [0.1, 0.15) is 5.75 Å². The molecule has 0 heterocycles. The van der Waals surface area contributed by atoms with Crippen LogP contribution in [0.4, 0.5) is 0 Å². The van der Waals surface area contributed by atoms with Crippen LogP contribution in [-0.4, -0.2) is 37.3 Å². The van der Waals surface area contributed by atoms with Gasteiger partial charge in [-0.3, -0.25) is 4.99 Å².